The molecule has 0 bridgehead atoms. The van der Waals surface area contributed by atoms with Crippen LogP contribution in [0.5, 0.6) is 0 Å². The average molecular weight is 472 g/mol. The Balaban J connectivity index is 1.81. The number of hydrogen-bond acceptors (Lipinski definition) is 6. The van der Waals surface area contributed by atoms with Crippen molar-refractivity contribution >= 4 is 0 Å². The van der Waals surface area contributed by atoms with Crippen molar-refractivity contribution in [3.8, 4) is 0 Å². The smallest absolute Gasteiger partial charge is 0.182 e. The minimum Gasteiger partial charge on any atom is -0.379 e. The normalized spacial score (nSPS) is 21.5. The molecule has 3 unspecified atom stereocenters. The van der Waals surface area contributed by atoms with E-state index in [2.05, 4.69) is 27.0 Å². The van der Waals surface area contributed by atoms with Gasteiger partial charge in [-0.05, 0) is 30.7 Å². The van der Waals surface area contributed by atoms with E-state index in [1.807, 2.05) is 0 Å². The molecule has 4 rings (SSSR count). The second kappa shape index (κ2) is 9.35. The van der Waals surface area contributed by atoms with Gasteiger partial charge in [-0.2, -0.15) is 5.10 Å². The second-order valence-electron chi connectivity index (χ2n) is 7.83. The molecule has 2 aromatic heterocycles. The summed E-state index contributed by atoms with van der Waals surface area (Å²) in [5.74, 6) is -3.00. The SMILES string of the molecule is C=C(C1C=CC=CC1(F)c1cnnn1COCC)C(O)(Cn1cncn1)c1ccc(F)cc1F. The summed E-state index contributed by atoms with van der Waals surface area (Å²) in [7, 11) is 0. The predicted molar refractivity (Wildman–Crippen MR) is 116 cm³/mol. The quantitative estimate of drug-likeness (QED) is 0.481. The van der Waals surface area contributed by atoms with Gasteiger partial charge in [0.15, 0.2) is 5.67 Å². The van der Waals surface area contributed by atoms with Crippen molar-refractivity contribution < 1.29 is 23.0 Å². The zero-order valence-electron chi connectivity index (χ0n) is 18.4. The Morgan fingerprint density at radius 1 is 1.32 bits per heavy atom. The molecule has 11 heteroatoms. The zero-order chi connectivity index (χ0) is 24.3. The first-order valence-corrected chi connectivity index (χ1v) is 10.5. The molecule has 1 aliphatic carbocycles. The number of benzene rings is 1. The lowest BCUT2D eigenvalue weighted by atomic mass is 9.71. The number of ether oxygens (including phenoxy) is 1. The Bertz CT molecular complexity index is 1230. The lowest BCUT2D eigenvalue weighted by molar-refractivity contribution is 0.0240. The van der Waals surface area contributed by atoms with Crippen molar-refractivity contribution in [3.05, 3.63) is 96.4 Å². The summed E-state index contributed by atoms with van der Waals surface area (Å²) in [6.45, 7) is 5.78. The monoisotopic (exact) mass is 472 g/mol. The van der Waals surface area contributed by atoms with E-state index >= 15 is 4.39 Å². The van der Waals surface area contributed by atoms with Gasteiger partial charge < -0.3 is 9.84 Å². The van der Waals surface area contributed by atoms with E-state index in [0.29, 0.717) is 12.7 Å². The Kier molecular flexibility index (Phi) is 6.49. The lowest BCUT2D eigenvalue weighted by Crippen LogP contribution is -2.43. The van der Waals surface area contributed by atoms with E-state index in [9.17, 15) is 13.9 Å². The van der Waals surface area contributed by atoms with Crippen LogP contribution in [0.1, 0.15) is 18.2 Å². The van der Waals surface area contributed by atoms with Crippen molar-refractivity contribution in [2.45, 2.75) is 31.5 Å². The summed E-state index contributed by atoms with van der Waals surface area (Å²) < 4.78 is 53.2. The minimum atomic E-state index is -2.25. The van der Waals surface area contributed by atoms with Crippen LogP contribution in [0, 0.1) is 17.6 Å². The number of alkyl halides is 1. The molecule has 3 aromatic rings. The molecule has 8 nitrogen and oxygen atoms in total. The molecule has 34 heavy (non-hydrogen) atoms. The van der Waals surface area contributed by atoms with Crippen molar-refractivity contribution in [1.29, 1.82) is 0 Å². The number of aliphatic hydroxyl groups is 1. The number of hydrogen-bond donors (Lipinski definition) is 1. The van der Waals surface area contributed by atoms with E-state index in [4.69, 9.17) is 4.74 Å². The molecule has 0 aliphatic heterocycles. The van der Waals surface area contributed by atoms with Crippen molar-refractivity contribution in [2.24, 2.45) is 5.92 Å². The molecule has 0 amide bonds. The largest absolute Gasteiger partial charge is 0.379 e. The number of allylic oxidation sites excluding steroid dienone is 4. The van der Waals surface area contributed by atoms with Crippen LogP contribution in [-0.4, -0.2) is 41.5 Å². The molecule has 0 radical (unpaired) electrons. The Morgan fingerprint density at radius 3 is 2.85 bits per heavy atom. The second-order valence-corrected chi connectivity index (χ2v) is 7.83. The standard InChI is InChI=1S/C23H23F3N6O2/c1-3-34-15-32-21(11-28-30-32)22(26)9-5-4-6-18(22)16(2)23(33,12-31-14-27-13-29-31)19-8-7-17(24)10-20(19)25/h4-11,13-14,18,33H,2-3,12,15H2,1H3. The highest BCUT2D eigenvalue weighted by atomic mass is 19.1. The third-order valence-electron chi connectivity index (χ3n) is 5.77. The van der Waals surface area contributed by atoms with Gasteiger partial charge in [0.1, 0.15) is 42.3 Å². The zero-order valence-corrected chi connectivity index (χ0v) is 18.4. The maximum atomic E-state index is 16.8. The first-order chi connectivity index (χ1) is 16.3. The van der Waals surface area contributed by atoms with Gasteiger partial charge in [-0.25, -0.2) is 27.5 Å². The van der Waals surface area contributed by atoms with E-state index in [1.54, 1.807) is 13.0 Å². The fourth-order valence-electron chi connectivity index (χ4n) is 4.05. The molecular weight excluding hydrogens is 449 g/mol. The highest BCUT2D eigenvalue weighted by molar-refractivity contribution is 5.42. The third-order valence-corrected chi connectivity index (χ3v) is 5.77. The predicted octanol–water partition coefficient (Wildman–Crippen LogP) is 3.19. The Morgan fingerprint density at radius 2 is 2.15 bits per heavy atom. The maximum Gasteiger partial charge on any atom is 0.182 e. The van der Waals surface area contributed by atoms with Crippen LogP contribution in [-0.2, 0) is 29.3 Å². The Hall–Kier alpha value is -3.57. The number of halogens is 3. The van der Waals surface area contributed by atoms with Gasteiger partial charge in [-0.3, -0.25) is 0 Å². The number of aromatic nitrogens is 6. The topological polar surface area (TPSA) is 90.9 Å². The van der Waals surface area contributed by atoms with Crippen LogP contribution in [0.15, 0.2) is 73.5 Å². The van der Waals surface area contributed by atoms with E-state index in [0.717, 1.165) is 12.1 Å². The molecule has 2 heterocycles. The van der Waals surface area contributed by atoms with Crippen molar-refractivity contribution in [2.75, 3.05) is 6.61 Å². The molecule has 3 atom stereocenters. The maximum absolute atomic E-state index is 16.8. The first kappa shape index (κ1) is 23.6. The molecule has 178 valence electrons. The van der Waals surface area contributed by atoms with Crippen LogP contribution < -0.4 is 0 Å². The van der Waals surface area contributed by atoms with Crippen LogP contribution in [0.3, 0.4) is 0 Å². The van der Waals surface area contributed by atoms with Crippen LogP contribution in [0.4, 0.5) is 13.2 Å². The number of rotatable bonds is 9. The van der Waals surface area contributed by atoms with E-state index < -0.39 is 28.8 Å². The van der Waals surface area contributed by atoms with Gasteiger partial charge in [-0.15, -0.1) is 5.10 Å². The molecule has 0 saturated carbocycles. The first-order valence-electron chi connectivity index (χ1n) is 10.5. The van der Waals surface area contributed by atoms with Gasteiger partial charge >= 0.3 is 0 Å². The minimum absolute atomic E-state index is 0.0376. The molecular formula is C23H23F3N6O2. The molecule has 0 fully saturated rings. The lowest BCUT2D eigenvalue weighted by Gasteiger charge is -2.40. The Labute approximate surface area is 193 Å². The van der Waals surface area contributed by atoms with Gasteiger partial charge in [0.05, 0.1) is 12.7 Å². The molecule has 1 aliphatic rings. The third kappa shape index (κ3) is 4.19. The summed E-state index contributed by atoms with van der Waals surface area (Å²) in [6, 6.07) is 2.77. The van der Waals surface area contributed by atoms with E-state index in [-0.39, 0.29) is 30.1 Å². The highest BCUT2D eigenvalue weighted by Crippen LogP contribution is 2.48. The van der Waals surface area contributed by atoms with Gasteiger partial charge in [0, 0.05) is 24.2 Å². The summed E-state index contributed by atoms with van der Waals surface area (Å²) in [4.78, 5) is 3.84. The number of nitrogens with zero attached hydrogens (tertiary/aromatic N) is 6. The fraction of sp³-hybridized carbons (Fsp3) is 0.304. The summed E-state index contributed by atoms with van der Waals surface area (Å²) in [5, 5.41) is 23.5. The van der Waals surface area contributed by atoms with Crippen LogP contribution >= 0.6 is 0 Å². The summed E-state index contributed by atoms with van der Waals surface area (Å²) in [6.07, 6.45) is 9.73. The van der Waals surface area contributed by atoms with Gasteiger partial charge in [-0.1, -0.05) is 30.0 Å². The molecule has 1 N–H and O–H groups in total. The summed E-state index contributed by atoms with van der Waals surface area (Å²) >= 11 is 0. The van der Waals surface area contributed by atoms with Crippen LogP contribution in [0.2, 0.25) is 0 Å². The van der Waals surface area contributed by atoms with Crippen molar-refractivity contribution in [1.82, 2.24) is 29.8 Å². The van der Waals surface area contributed by atoms with Crippen molar-refractivity contribution in [3.63, 3.8) is 0 Å². The average Bonchev–Trinajstić information content (AvgIpc) is 3.49. The van der Waals surface area contributed by atoms with E-state index in [1.165, 1.54) is 46.4 Å². The van der Waals surface area contributed by atoms with Crippen LogP contribution in [0.25, 0.3) is 0 Å². The molecule has 1 aromatic carbocycles. The molecule has 0 spiro atoms. The molecule has 0 saturated heterocycles. The van der Waals surface area contributed by atoms with Gasteiger partial charge in [0.25, 0.3) is 0 Å². The summed E-state index contributed by atoms with van der Waals surface area (Å²) in [5.41, 5.74) is -4.72. The van der Waals surface area contributed by atoms with Gasteiger partial charge in [0.2, 0.25) is 0 Å². The highest BCUT2D eigenvalue weighted by Gasteiger charge is 2.49. The fourth-order valence-corrected chi connectivity index (χ4v) is 4.05.